The van der Waals surface area contributed by atoms with Crippen LogP contribution in [0.2, 0.25) is 0 Å². The number of hydrogen-bond donors (Lipinski definition) is 1. The van der Waals surface area contributed by atoms with Gasteiger partial charge in [0, 0.05) is 18.0 Å². The van der Waals surface area contributed by atoms with Crippen molar-refractivity contribution >= 4 is 39.5 Å². The second-order valence-corrected chi connectivity index (χ2v) is 8.94. The van der Waals surface area contributed by atoms with E-state index in [4.69, 9.17) is 4.74 Å². The second kappa shape index (κ2) is 7.50. The van der Waals surface area contributed by atoms with Crippen LogP contribution in [0, 0.1) is 5.92 Å². The normalized spacial score (nSPS) is 19.9. The number of carbonyl (C=O) groups is 2. The fraction of sp³-hybridized carbons (Fsp3) is 0.474. The molecule has 0 bridgehead atoms. The molecule has 0 aromatic carbocycles. The first kappa shape index (κ1) is 17.7. The summed E-state index contributed by atoms with van der Waals surface area (Å²) in [6, 6.07) is 3.67. The van der Waals surface area contributed by atoms with Gasteiger partial charge < -0.3 is 15.0 Å². The third-order valence-electron chi connectivity index (χ3n) is 5.00. The summed E-state index contributed by atoms with van der Waals surface area (Å²) in [7, 11) is 0. The molecule has 26 heavy (non-hydrogen) atoms. The zero-order valence-electron chi connectivity index (χ0n) is 14.7. The highest BCUT2D eigenvalue weighted by Crippen LogP contribution is 2.40. The van der Waals surface area contributed by atoms with Crippen molar-refractivity contribution in [1.29, 1.82) is 0 Å². The molecule has 1 fully saturated rings. The molecule has 1 aliphatic heterocycles. The maximum atomic E-state index is 13.2. The lowest BCUT2D eigenvalue weighted by Gasteiger charge is -2.28. The highest BCUT2D eigenvalue weighted by atomic mass is 32.1. The van der Waals surface area contributed by atoms with E-state index in [1.165, 1.54) is 16.2 Å². The summed E-state index contributed by atoms with van der Waals surface area (Å²) in [5.74, 6) is 0.512. The standard InChI is InChI=1S/C19H22N2O3S2/c1-12-4-5-13-15(11-12)26-18(20-17(22)14-3-2-10-25-14)16(13)19(23)21-6-8-24-9-7-21/h2-3,10,12H,4-9,11H2,1H3,(H,20,22). The number of anilines is 1. The van der Waals surface area contributed by atoms with E-state index >= 15 is 0 Å². The van der Waals surface area contributed by atoms with Gasteiger partial charge in [-0.05, 0) is 42.2 Å². The lowest BCUT2D eigenvalue weighted by Crippen LogP contribution is -2.41. The van der Waals surface area contributed by atoms with Gasteiger partial charge in [-0.15, -0.1) is 22.7 Å². The fourth-order valence-corrected chi connectivity index (χ4v) is 5.58. The number of hydrogen-bond acceptors (Lipinski definition) is 5. The minimum atomic E-state index is -0.136. The minimum absolute atomic E-state index is 0.0295. The molecule has 138 valence electrons. The number of ether oxygens (including phenoxy) is 1. The Morgan fingerprint density at radius 3 is 2.85 bits per heavy atom. The Morgan fingerprint density at radius 1 is 1.31 bits per heavy atom. The summed E-state index contributed by atoms with van der Waals surface area (Å²) in [4.78, 5) is 29.6. The fourth-order valence-electron chi connectivity index (χ4n) is 3.56. The molecule has 1 unspecified atom stereocenters. The highest BCUT2D eigenvalue weighted by Gasteiger charge is 2.31. The van der Waals surface area contributed by atoms with Crippen molar-refractivity contribution in [3.63, 3.8) is 0 Å². The molecule has 0 radical (unpaired) electrons. The third-order valence-corrected chi connectivity index (χ3v) is 7.03. The molecule has 1 aliphatic carbocycles. The number of fused-ring (bicyclic) bond motifs is 1. The molecule has 2 aliphatic rings. The Labute approximate surface area is 161 Å². The van der Waals surface area contributed by atoms with E-state index in [0.717, 1.165) is 24.8 Å². The number of nitrogens with one attached hydrogen (secondary N) is 1. The molecule has 2 amide bonds. The molecule has 1 N–H and O–H groups in total. The van der Waals surface area contributed by atoms with E-state index in [2.05, 4.69) is 12.2 Å². The molecule has 2 aromatic rings. The van der Waals surface area contributed by atoms with Gasteiger partial charge in [-0.1, -0.05) is 13.0 Å². The van der Waals surface area contributed by atoms with Gasteiger partial charge in [0.15, 0.2) is 0 Å². The van der Waals surface area contributed by atoms with Crippen molar-refractivity contribution in [2.24, 2.45) is 5.92 Å². The van der Waals surface area contributed by atoms with Crippen molar-refractivity contribution < 1.29 is 14.3 Å². The van der Waals surface area contributed by atoms with Crippen LogP contribution in [0.1, 0.15) is 43.8 Å². The van der Waals surface area contributed by atoms with Crippen LogP contribution in [-0.4, -0.2) is 43.0 Å². The van der Waals surface area contributed by atoms with Crippen molar-refractivity contribution in [2.75, 3.05) is 31.6 Å². The number of morpholine rings is 1. The summed E-state index contributed by atoms with van der Waals surface area (Å²) in [5.41, 5.74) is 1.86. The maximum absolute atomic E-state index is 13.2. The number of nitrogens with zero attached hydrogens (tertiary/aromatic N) is 1. The average molecular weight is 391 g/mol. The van der Waals surface area contributed by atoms with Crippen LogP contribution < -0.4 is 5.32 Å². The summed E-state index contributed by atoms with van der Waals surface area (Å²) in [6.07, 6.45) is 2.98. The average Bonchev–Trinajstić information content (AvgIpc) is 3.29. The van der Waals surface area contributed by atoms with Crippen LogP contribution in [0.15, 0.2) is 17.5 Å². The van der Waals surface area contributed by atoms with E-state index in [1.807, 2.05) is 16.3 Å². The first-order chi connectivity index (χ1) is 12.6. The van der Waals surface area contributed by atoms with Crippen LogP contribution in [0.25, 0.3) is 0 Å². The quantitative estimate of drug-likeness (QED) is 0.870. The Kier molecular flexibility index (Phi) is 5.11. The largest absolute Gasteiger partial charge is 0.378 e. The predicted molar refractivity (Wildman–Crippen MR) is 105 cm³/mol. The minimum Gasteiger partial charge on any atom is -0.378 e. The Balaban J connectivity index is 1.68. The Bertz CT molecular complexity index is 807. The van der Waals surface area contributed by atoms with Crippen molar-refractivity contribution in [3.8, 4) is 0 Å². The van der Waals surface area contributed by atoms with Crippen molar-refractivity contribution in [1.82, 2.24) is 4.90 Å². The van der Waals surface area contributed by atoms with Gasteiger partial charge in [0.25, 0.3) is 11.8 Å². The van der Waals surface area contributed by atoms with Crippen LogP contribution in [-0.2, 0) is 17.6 Å². The number of thiophene rings is 2. The van der Waals surface area contributed by atoms with Crippen LogP contribution in [0.4, 0.5) is 5.00 Å². The molecule has 1 saturated heterocycles. The number of carbonyl (C=O) groups excluding carboxylic acids is 2. The first-order valence-corrected chi connectivity index (χ1v) is 10.7. The van der Waals surface area contributed by atoms with Crippen molar-refractivity contribution in [3.05, 3.63) is 38.4 Å². The smallest absolute Gasteiger partial charge is 0.266 e. The summed E-state index contributed by atoms with van der Waals surface area (Å²) >= 11 is 2.99. The van der Waals surface area contributed by atoms with Gasteiger partial charge in [-0.2, -0.15) is 0 Å². The monoisotopic (exact) mass is 390 g/mol. The number of amides is 2. The topological polar surface area (TPSA) is 58.6 Å². The van der Waals surface area contributed by atoms with Gasteiger partial charge in [0.05, 0.1) is 23.7 Å². The van der Waals surface area contributed by atoms with Gasteiger partial charge in [0.2, 0.25) is 0 Å². The van der Waals surface area contributed by atoms with E-state index in [9.17, 15) is 9.59 Å². The highest BCUT2D eigenvalue weighted by molar-refractivity contribution is 7.17. The first-order valence-electron chi connectivity index (χ1n) is 9.00. The predicted octanol–water partition coefficient (Wildman–Crippen LogP) is 3.66. The van der Waals surface area contributed by atoms with Gasteiger partial charge in [-0.25, -0.2) is 0 Å². The maximum Gasteiger partial charge on any atom is 0.266 e. The van der Waals surface area contributed by atoms with Gasteiger partial charge in [0.1, 0.15) is 5.00 Å². The molecule has 4 rings (SSSR count). The molecule has 1 atom stereocenters. The van der Waals surface area contributed by atoms with E-state index in [0.29, 0.717) is 47.7 Å². The van der Waals surface area contributed by atoms with E-state index < -0.39 is 0 Å². The molecule has 0 saturated carbocycles. The Hall–Kier alpha value is -1.70. The third kappa shape index (κ3) is 3.43. The lowest BCUT2D eigenvalue weighted by molar-refractivity contribution is 0.0303. The molecule has 2 aromatic heterocycles. The van der Waals surface area contributed by atoms with E-state index in [1.54, 1.807) is 17.4 Å². The Morgan fingerprint density at radius 2 is 2.12 bits per heavy atom. The summed E-state index contributed by atoms with van der Waals surface area (Å²) in [5, 5.41) is 5.61. The van der Waals surface area contributed by atoms with E-state index in [-0.39, 0.29) is 11.8 Å². The second-order valence-electron chi connectivity index (χ2n) is 6.89. The molecular formula is C19H22N2O3S2. The van der Waals surface area contributed by atoms with Gasteiger partial charge in [-0.3, -0.25) is 9.59 Å². The zero-order valence-corrected chi connectivity index (χ0v) is 16.4. The molecule has 5 nitrogen and oxygen atoms in total. The molecule has 7 heteroatoms. The number of rotatable bonds is 3. The molecule has 3 heterocycles. The van der Waals surface area contributed by atoms with Crippen LogP contribution >= 0.6 is 22.7 Å². The molecule has 0 spiro atoms. The SMILES string of the molecule is CC1CCc2c(sc(NC(=O)c3cccs3)c2C(=O)N2CCOCC2)C1. The van der Waals surface area contributed by atoms with Gasteiger partial charge >= 0.3 is 0 Å². The molecular weight excluding hydrogens is 368 g/mol. The zero-order chi connectivity index (χ0) is 18.1. The summed E-state index contributed by atoms with van der Waals surface area (Å²) in [6.45, 7) is 4.62. The van der Waals surface area contributed by atoms with Crippen LogP contribution in [0.3, 0.4) is 0 Å². The van der Waals surface area contributed by atoms with Crippen LogP contribution in [0.5, 0.6) is 0 Å². The lowest BCUT2D eigenvalue weighted by atomic mass is 9.88. The van der Waals surface area contributed by atoms with Crippen molar-refractivity contribution in [2.45, 2.75) is 26.2 Å². The summed E-state index contributed by atoms with van der Waals surface area (Å²) < 4.78 is 5.38.